The Labute approximate surface area is 101 Å². The summed E-state index contributed by atoms with van der Waals surface area (Å²) in [7, 11) is 0. The number of halogens is 1. The first kappa shape index (κ1) is 12.4. The van der Waals surface area contributed by atoms with Gasteiger partial charge < -0.3 is 10.4 Å². The third-order valence-electron chi connectivity index (χ3n) is 1.69. The van der Waals surface area contributed by atoms with E-state index < -0.39 is 11.9 Å². The van der Waals surface area contributed by atoms with Gasteiger partial charge in [0.25, 0.3) is 0 Å². The standard InChI is InChI=1S/C11H10BrNO3/c1-7-4-8(12)6-9(5-7)13-10(14)2-3-11(15)16/h2-6H,1H3,(H,13,14)(H,15,16)/b3-2+. The van der Waals surface area contributed by atoms with Crippen molar-refractivity contribution in [1.29, 1.82) is 0 Å². The topological polar surface area (TPSA) is 66.4 Å². The maximum Gasteiger partial charge on any atom is 0.328 e. The van der Waals surface area contributed by atoms with Crippen molar-refractivity contribution in [2.75, 3.05) is 5.32 Å². The van der Waals surface area contributed by atoms with Crippen LogP contribution in [0, 0.1) is 6.92 Å². The zero-order chi connectivity index (χ0) is 12.1. The molecule has 0 aliphatic rings. The monoisotopic (exact) mass is 283 g/mol. The fourth-order valence-corrected chi connectivity index (χ4v) is 1.75. The number of hydrogen-bond donors (Lipinski definition) is 2. The van der Waals surface area contributed by atoms with Gasteiger partial charge in [0.1, 0.15) is 0 Å². The highest BCUT2D eigenvalue weighted by atomic mass is 79.9. The number of carboxylic acid groups (broad SMARTS) is 1. The molecule has 0 atom stereocenters. The summed E-state index contributed by atoms with van der Waals surface area (Å²) in [5.41, 5.74) is 1.61. The van der Waals surface area contributed by atoms with Gasteiger partial charge in [-0.15, -0.1) is 0 Å². The fraction of sp³-hybridized carbons (Fsp3) is 0.0909. The lowest BCUT2D eigenvalue weighted by molar-refractivity contribution is -0.131. The fourth-order valence-electron chi connectivity index (χ4n) is 1.14. The van der Waals surface area contributed by atoms with E-state index in [9.17, 15) is 9.59 Å². The largest absolute Gasteiger partial charge is 0.478 e. The van der Waals surface area contributed by atoms with Crippen LogP contribution in [0.5, 0.6) is 0 Å². The Hall–Kier alpha value is -1.62. The molecule has 5 heteroatoms. The van der Waals surface area contributed by atoms with Gasteiger partial charge in [0, 0.05) is 22.3 Å². The Morgan fingerprint density at radius 3 is 2.56 bits per heavy atom. The molecule has 0 fully saturated rings. The molecule has 2 N–H and O–H groups in total. The molecule has 0 aliphatic carbocycles. The van der Waals surface area contributed by atoms with Gasteiger partial charge in [-0.25, -0.2) is 4.79 Å². The van der Waals surface area contributed by atoms with E-state index in [1.54, 1.807) is 12.1 Å². The predicted molar refractivity (Wildman–Crippen MR) is 64.3 cm³/mol. The zero-order valence-electron chi connectivity index (χ0n) is 8.53. The lowest BCUT2D eigenvalue weighted by Crippen LogP contribution is -2.08. The third-order valence-corrected chi connectivity index (χ3v) is 2.14. The minimum atomic E-state index is -1.15. The van der Waals surface area contributed by atoms with Crippen molar-refractivity contribution in [3.8, 4) is 0 Å². The molecule has 0 saturated heterocycles. The van der Waals surface area contributed by atoms with E-state index >= 15 is 0 Å². The number of rotatable bonds is 3. The number of anilines is 1. The van der Waals surface area contributed by atoms with Gasteiger partial charge in [0.2, 0.25) is 5.91 Å². The Morgan fingerprint density at radius 2 is 2.00 bits per heavy atom. The van der Waals surface area contributed by atoms with Crippen LogP contribution in [0.15, 0.2) is 34.8 Å². The average molecular weight is 284 g/mol. The molecular weight excluding hydrogens is 274 g/mol. The van der Waals surface area contributed by atoms with Crippen LogP contribution in [0.1, 0.15) is 5.56 Å². The first-order chi connectivity index (χ1) is 7.47. The highest BCUT2D eigenvalue weighted by Gasteiger charge is 2.00. The molecule has 0 aromatic heterocycles. The van der Waals surface area contributed by atoms with Gasteiger partial charge in [0.05, 0.1) is 0 Å². The number of nitrogens with one attached hydrogen (secondary N) is 1. The van der Waals surface area contributed by atoms with Gasteiger partial charge in [-0.1, -0.05) is 15.9 Å². The van der Waals surface area contributed by atoms with Crippen molar-refractivity contribution >= 4 is 33.5 Å². The summed E-state index contributed by atoms with van der Waals surface area (Å²) >= 11 is 3.30. The van der Waals surface area contributed by atoms with Gasteiger partial charge in [-0.05, 0) is 30.7 Å². The van der Waals surface area contributed by atoms with Crippen molar-refractivity contribution in [3.05, 3.63) is 40.4 Å². The van der Waals surface area contributed by atoms with E-state index in [1.165, 1.54) is 0 Å². The van der Waals surface area contributed by atoms with Crippen molar-refractivity contribution in [3.63, 3.8) is 0 Å². The van der Waals surface area contributed by atoms with Crippen LogP contribution >= 0.6 is 15.9 Å². The molecule has 84 valence electrons. The highest BCUT2D eigenvalue weighted by molar-refractivity contribution is 9.10. The second-order valence-corrected chi connectivity index (χ2v) is 4.09. The summed E-state index contributed by atoms with van der Waals surface area (Å²) in [4.78, 5) is 21.5. The second-order valence-electron chi connectivity index (χ2n) is 3.18. The van der Waals surface area contributed by atoms with E-state index in [2.05, 4.69) is 21.2 Å². The molecule has 0 heterocycles. The smallest absolute Gasteiger partial charge is 0.328 e. The number of aryl methyl sites for hydroxylation is 1. The lowest BCUT2D eigenvalue weighted by atomic mass is 10.2. The van der Waals surface area contributed by atoms with Crippen LogP contribution in [-0.2, 0) is 9.59 Å². The minimum absolute atomic E-state index is 0.472. The van der Waals surface area contributed by atoms with Crippen molar-refractivity contribution in [2.24, 2.45) is 0 Å². The van der Waals surface area contributed by atoms with E-state index in [-0.39, 0.29) is 0 Å². The summed E-state index contributed by atoms with van der Waals surface area (Å²) in [6.45, 7) is 1.90. The molecule has 0 bridgehead atoms. The second kappa shape index (κ2) is 5.46. The number of hydrogen-bond acceptors (Lipinski definition) is 2. The lowest BCUT2D eigenvalue weighted by Gasteiger charge is -2.04. The molecule has 0 aliphatic heterocycles. The van der Waals surface area contributed by atoms with E-state index in [1.807, 2.05) is 13.0 Å². The number of carboxylic acids is 1. The van der Waals surface area contributed by atoms with Crippen LogP contribution in [-0.4, -0.2) is 17.0 Å². The van der Waals surface area contributed by atoms with Gasteiger partial charge in [-0.3, -0.25) is 4.79 Å². The third kappa shape index (κ3) is 4.27. The number of carbonyl (C=O) groups excluding carboxylic acids is 1. The Morgan fingerprint density at radius 1 is 1.31 bits per heavy atom. The SMILES string of the molecule is Cc1cc(Br)cc(NC(=O)/C=C/C(=O)O)c1. The minimum Gasteiger partial charge on any atom is -0.478 e. The van der Waals surface area contributed by atoms with Crippen LogP contribution in [0.2, 0.25) is 0 Å². The van der Waals surface area contributed by atoms with Gasteiger partial charge >= 0.3 is 5.97 Å². The first-order valence-electron chi connectivity index (χ1n) is 4.46. The molecule has 0 spiro atoms. The summed E-state index contributed by atoms with van der Waals surface area (Å²) in [6.07, 6.45) is 1.76. The maximum atomic E-state index is 11.3. The molecule has 4 nitrogen and oxygen atoms in total. The molecule has 0 saturated carbocycles. The normalized spacial score (nSPS) is 10.4. The van der Waals surface area contributed by atoms with E-state index in [0.29, 0.717) is 5.69 Å². The number of carbonyl (C=O) groups is 2. The molecule has 16 heavy (non-hydrogen) atoms. The first-order valence-corrected chi connectivity index (χ1v) is 5.26. The summed E-state index contributed by atoms with van der Waals surface area (Å²) in [6, 6.07) is 5.43. The van der Waals surface area contributed by atoms with E-state index in [4.69, 9.17) is 5.11 Å². The molecule has 1 aromatic carbocycles. The van der Waals surface area contributed by atoms with Crippen LogP contribution in [0.25, 0.3) is 0 Å². The zero-order valence-corrected chi connectivity index (χ0v) is 10.1. The van der Waals surface area contributed by atoms with E-state index in [0.717, 1.165) is 22.2 Å². The summed E-state index contributed by atoms with van der Waals surface area (Å²) in [5, 5.41) is 10.9. The Bertz CT molecular complexity index is 434. The van der Waals surface area contributed by atoms with Crippen LogP contribution in [0.3, 0.4) is 0 Å². The molecular formula is C11H10BrNO3. The molecule has 0 radical (unpaired) electrons. The summed E-state index contributed by atoms with van der Waals surface area (Å²) in [5.74, 6) is -1.62. The Balaban J connectivity index is 2.73. The van der Waals surface area contributed by atoms with Crippen molar-refractivity contribution < 1.29 is 14.7 Å². The molecule has 0 unspecified atom stereocenters. The number of amides is 1. The van der Waals surface area contributed by atoms with Gasteiger partial charge in [0.15, 0.2) is 0 Å². The van der Waals surface area contributed by atoms with Crippen molar-refractivity contribution in [2.45, 2.75) is 6.92 Å². The molecule has 1 aromatic rings. The van der Waals surface area contributed by atoms with Crippen molar-refractivity contribution in [1.82, 2.24) is 0 Å². The quantitative estimate of drug-likeness (QED) is 0.837. The number of aliphatic carboxylic acids is 1. The summed E-state index contributed by atoms with van der Waals surface area (Å²) < 4.78 is 0.852. The highest BCUT2D eigenvalue weighted by Crippen LogP contribution is 2.18. The van der Waals surface area contributed by atoms with Gasteiger partial charge in [-0.2, -0.15) is 0 Å². The number of benzene rings is 1. The molecule has 1 rings (SSSR count). The van der Waals surface area contributed by atoms with Crippen LogP contribution < -0.4 is 5.32 Å². The predicted octanol–water partition coefficient (Wildman–Crippen LogP) is 2.34. The average Bonchev–Trinajstić information content (AvgIpc) is 2.12. The maximum absolute atomic E-state index is 11.3. The Kier molecular flexibility index (Phi) is 4.25. The molecule has 1 amide bonds. The van der Waals surface area contributed by atoms with Crippen LogP contribution in [0.4, 0.5) is 5.69 Å².